The second kappa shape index (κ2) is 6.55. The lowest BCUT2D eigenvalue weighted by Crippen LogP contribution is -2.14. The van der Waals surface area contributed by atoms with Crippen molar-refractivity contribution < 1.29 is 4.74 Å². The average molecular weight is 273 g/mol. The smallest absolute Gasteiger partial charge is 0.216 e. The van der Waals surface area contributed by atoms with Crippen molar-refractivity contribution in [3.05, 3.63) is 29.5 Å². The van der Waals surface area contributed by atoms with Crippen LogP contribution >= 0.6 is 0 Å². The molecule has 0 spiro atoms. The number of aromatic nitrogens is 1. The lowest BCUT2D eigenvalue weighted by atomic mass is 10.2. The number of rotatable bonds is 5. The Balaban J connectivity index is 2.13. The Hall–Kier alpha value is -1.84. The van der Waals surface area contributed by atoms with Gasteiger partial charge in [0.1, 0.15) is 6.10 Å². The van der Waals surface area contributed by atoms with E-state index in [4.69, 9.17) is 4.74 Å². The van der Waals surface area contributed by atoms with Gasteiger partial charge >= 0.3 is 0 Å². The second-order valence-electron chi connectivity index (χ2n) is 5.22. The summed E-state index contributed by atoms with van der Waals surface area (Å²) in [6.07, 6.45) is 8.34. The number of pyridine rings is 1. The molecule has 0 unspecified atom stereocenters. The lowest BCUT2D eigenvalue weighted by Gasteiger charge is -2.15. The fraction of sp³-hybridized carbons (Fsp3) is 0.500. The minimum absolute atomic E-state index is 0.237. The maximum atomic E-state index is 5.95. The highest BCUT2D eigenvalue weighted by Crippen LogP contribution is 2.27. The van der Waals surface area contributed by atoms with Gasteiger partial charge in [0, 0.05) is 32.0 Å². The molecule has 1 aliphatic carbocycles. The van der Waals surface area contributed by atoms with Gasteiger partial charge in [-0.25, -0.2) is 9.98 Å². The third-order valence-electron chi connectivity index (χ3n) is 3.47. The summed E-state index contributed by atoms with van der Waals surface area (Å²) >= 11 is 0. The Morgan fingerprint density at radius 2 is 2.10 bits per heavy atom. The highest BCUT2D eigenvalue weighted by molar-refractivity contribution is 5.62. The van der Waals surface area contributed by atoms with Gasteiger partial charge in [-0.15, -0.1) is 0 Å². The van der Waals surface area contributed by atoms with E-state index in [0.29, 0.717) is 0 Å². The van der Waals surface area contributed by atoms with Crippen molar-refractivity contribution in [2.45, 2.75) is 39.7 Å². The van der Waals surface area contributed by atoms with Gasteiger partial charge in [-0.3, -0.25) is 0 Å². The molecular weight excluding hydrogens is 250 g/mol. The van der Waals surface area contributed by atoms with Gasteiger partial charge in [0.25, 0.3) is 0 Å². The maximum Gasteiger partial charge on any atom is 0.216 e. The van der Waals surface area contributed by atoms with Crippen LogP contribution in [0.2, 0.25) is 0 Å². The van der Waals surface area contributed by atoms with Crippen LogP contribution in [0.5, 0.6) is 5.88 Å². The van der Waals surface area contributed by atoms with Crippen LogP contribution in [0.1, 0.15) is 31.0 Å². The van der Waals surface area contributed by atoms with E-state index in [1.165, 1.54) is 0 Å². The molecule has 0 fully saturated rings. The quantitative estimate of drug-likeness (QED) is 0.469. The van der Waals surface area contributed by atoms with E-state index in [1.54, 1.807) is 0 Å². The molecule has 0 radical (unpaired) electrons. The zero-order valence-electron chi connectivity index (χ0n) is 12.8. The van der Waals surface area contributed by atoms with Gasteiger partial charge in [0.15, 0.2) is 0 Å². The molecule has 0 aromatic carbocycles. The highest BCUT2D eigenvalue weighted by Gasteiger charge is 2.15. The number of nitrogens with zero attached hydrogens (tertiary/aromatic N) is 3. The van der Waals surface area contributed by atoms with Crippen molar-refractivity contribution in [2.75, 3.05) is 13.6 Å². The largest absolute Gasteiger partial charge is 0.473 e. The lowest BCUT2D eigenvalue weighted by molar-refractivity contribution is 0.206. The van der Waals surface area contributed by atoms with Crippen LogP contribution < -0.4 is 4.74 Å². The Kier molecular flexibility index (Phi) is 4.77. The first-order valence-electron chi connectivity index (χ1n) is 7.14. The van der Waals surface area contributed by atoms with E-state index >= 15 is 0 Å². The molecule has 4 heteroatoms. The van der Waals surface area contributed by atoms with Gasteiger partial charge in [-0.2, -0.15) is 0 Å². The first kappa shape index (κ1) is 14.6. The highest BCUT2D eigenvalue weighted by atomic mass is 16.5. The summed E-state index contributed by atoms with van der Waals surface area (Å²) in [6.45, 7) is 7.02. The van der Waals surface area contributed by atoms with Crippen molar-refractivity contribution in [1.29, 1.82) is 0 Å². The molecular formula is C16H23N3O. The summed E-state index contributed by atoms with van der Waals surface area (Å²) in [6, 6.07) is 2.04. The first-order valence-corrected chi connectivity index (χ1v) is 7.14. The van der Waals surface area contributed by atoms with Crippen LogP contribution in [0.25, 0.3) is 0 Å². The predicted octanol–water partition coefficient (Wildman–Crippen LogP) is 3.41. The molecule has 1 heterocycles. The molecule has 0 N–H and O–H groups in total. The molecule has 2 rings (SSSR count). The van der Waals surface area contributed by atoms with Crippen LogP contribution in [0, 0.1) is 13.8 Å². The van der Waals surface area contributed by atoms with Crippen LogP contribution in [0.4, 0.5) is 5.69 Å². The molecule has 0 saturated carbocycles. The normalized spacial score (nSPS) is 15.2. The number of ether oxygens (including phenoxy) is 1. The van der Waals surface area contributed by atoms with Crippen LogP contribution in [0.15, 0.2) is 23.2 Å². The van der Waals surface area contributed by atoms with Crippen molar-refractivity contribution in [3.8, 4) is 5.88 Å². The van der Waals surface area contributed by atoms with E-state index in [0.717, 1.165) is 42.2 Å². The Morgan fingerprint density at radius 3 is 2.75 bits per heavy atom. The molecule has 20 heavy (non-hydrogen) atoms. The molecule has 0 saturated heterocycles. The Bertz CT molecular complexity index is 515. The van der Waals surface area contributed by atoms with Crippen molar-refractivity contribution >= 4 is 12.0 Å². The summed E-state index contributed by atoms with van der Waals surface area (Å²) in [5.74, 6) is 0.735. The van der Waals surface area contributed by atoms with Crippen molar-refractivity contribution in [1.82, 2.24) is 9.88 Å². The van der Waals surface area contributed by atoms with Gasteiger partial charge in [0.2, 0.25) is 5.88 Å². The molecule has 0 aliphatic heterocycles. The zero-order chi connectivity index (χ0) is 14.5. The third-order valence-corrected chi connectivity index (χ3v) is 3.47. The second-order valence-corrected chi connectivity index (χ2v) is 5.22. The molecule has 0 amide bonds. The van der Waals surface area contributed by atoms with E-state index < -0.39 is 0 Å². The monoisotopic (exact) mass is 273 g/mol. The van der Waals surface area contributed by atoms with Crippen molar-refractivity contribution in [2.24, 2.45) is 4.99 Å². The maximum absolute atomic E-state index is 5.95. The summed E-state index contributed by atoms with van der Waals surface area (Å²) in [5.41, 5.74) is 2.84. The van der Waals surface area contributed by atoms with Crippen LogP contribution in [0.3, 0.4) is 0 Å². The number of hydrogen-bond donors (Lipinski definition) is 0. The average Bonchev–Trinajstić information content (AvgIpc) is 2.93. The summed E-state index contributed by atoms with van der Waals surface area (Å²) in [7, 11) is 2.00. The minimum Gasteiger partial charge on any atom is -0.473 e. The molecule has 1 aromatic rings. The number of aryl methyl sites for hydroxylation is 2. The van der Waals surface area contributed by atoms with Gasteiger partial charge in [-0.1, -0.05) is 12.2 Å². The molecule has 1 aromatic heterocycles. The summed E-state index contributed by atoms with van der Waals surface area (Å²) < 4.78 is 5.95. The molecule has 108 valence electrons. The summed E-state index contributed by atoms with van der Waals surface area (Å²) in [5, 5.41) is 0. The summed E-state index contributed by atoms with van der Waals surface area (Å²) in [4.78, 5) is 11.1. The molecule has 0 bridgehead atoms. The minimum atomic E-state index is 0.237. The fourth-order valence-corrected chi connectivity index (χ4v) is 2.01. The fourth-order valence-electron chi connectivity index (χ4n) is 2.01. The predicted molar refractivity (Wildman–Crippen MR) is 83.0 cm³/mol. The van der Waals surface area contributed by atoms with Gasteiger partial charge < -0.3 is 9.64 Å². The first-order chi connectivity index (χ1) is 9.60. The van der Waals surface area contributed by atoms with Crippen LogP contribution in [-0.2, 0) is 0 Å². The van der Waals surface area contributed by atoms with Gasteiger partial charge in [-0.05, 0) is 26.8 Å². The van der Waals surface area contributed by atoms with E-state index in [9.17, 15) is 0 Å². The zero-order valence-corrected chi connectivity index (χ0v) is 12.8. The number of hydrogen-bond acceptors (Lipinski definition) is 3. The van der Waals surface area contributed by atoms with E-state index in [-0.39, 0.29) is 6.10 Å². The van der Waals surface area contributed by atoms with Crippen molar-refractivity contribution in [3.63, 3.8) is 0 Å². The number of aliphatic imine (C=N–C) groups is 1. The third kappa shape index (κ3) is 3.59. The Labute approximate surface area is 121 Å². The standard InChI is InChI=1S/C16H23N3O/c1-5-19(4)11-17-15-10-12(2)16(18-13(15)3)20-14-8-6-7-9-14/h6-7,10-11,14H,5,8-9H2,1-4H3. The molecule has 4 nitrogen and oxygen atoms in total. The van der Waals surface area contributed by atoms with E-state index in [2.05, 4.69) is 29.1 Å². The SMILES string of the molecule is CCN(C)C=Nc1cc(C)c(OC2CC=CC2)nc1C. The van der Waals surface area contributed by atoms with Gasteiger partial charge in [0.05, 0.1) is 17.7 Å². The molecule has 0 atom stereocenters. The topological polar surface area (TPSA) is 37.7 Å². The molecule has 1 aliphatic rings. The van der Waals surface area contributed by atoms with E-state index in [1.807, 2.05) is 38.2 Å². The van der Waals surface area contributed by atoms with Crippen LogP contribution in [-0.4, -0.2) is 35.9 Å². The Morgan fingerprint density at radius 1 is 1.40 bits per heavy atom.